The summed E-state index contributed by atoms with van der Waals surface area (Å²) in [7, 11) is -7.92. The first-order chi connectivity index (χ1) is 23.4. The van der Waals surface area contributed by atoms with E-state index in [9.17, 15) is 43.4 Å². The summed E-state index contributed by atoms with van der Waals surface area (Å²) in [6.07, 6.45) is -0.491. The molecule has 0 aliphatic carbocycles. The van der Waals surface area contributed by atoms with Gasteiger partial charge in [-0.1, -0.05) is 23.7 Å². The Kier molecular flexibility index (Phi) is 12.7. The number of esters is 1. The predicted molar refractivity (Wildman–Crippen MR) is 186 cm³/mol. The van der Waals surface area contributed by atoms with Gasteiger partial charge in [0, 0.05) is 41.2 Å². The summed E-state index contributed by atoms with van der Waals surface area (Å²) < 4.78 is 41.4. The number of hydrogen-bond acceptors (Lipinski definition) is 9. The highest BCUT2D eigenvalue weighted by Crippen LogP contribution is 2.68. The number of aliphatic hydroxyl groups is 1. The van der Waals surface area contributed by atoms with Crippen LogP contribution in [0.2, 0.25) is 5.02 Å². The number of hydrogen-bond donors (Lipinski definition) is 5. The largest absolute Gasteiger partial charge is 0.497 e. The van der Waals surface area contributed by atoms with Crippen LogP contribution in [-0.2, 0) is 31.7 Å². The number of carbonyl (C=O) groups excluding carboxylic acids is 2. The van der Waals surface area contributed by atoms with Gasteiger partial charge in [0.1, 0.15) is 18.1 Å². The van der Waals surface area contributed by atoms with Gasteiger partial charge in [-0.3, -0.25) is 23.3 Å². The van der Waals surface area contributed by atoms with Gasteiger partial charge >= 0.3 is 21.2 Å². The summed E-state index contributed by atoms with van der Waals surface area (Å²) in [5.41, 5.74) is 2.93. The molecule has 3 aromatic carbocycles. The Balaban J connectivity index is 1.34. The van der Waals surface area contributed by atoms with Gasteiger partial charge in [-0.2, -0.15) is 0 Å². The Morgan fingerprint density at radius 2 is 1.62 bits per heavy atom. The lowest BCUT2D eigenvalue weighted by Crippen LogP contribution is -2.34. The van der Waals surface area contributed by atoms with Crippen molar-refractivity contribution in [2.24, 2.45) is 0 Å². The van der Waals surface area contributed by atoms with Gasteiger partial charge in [0.15, 0.2) is 0 Å². The number of carbonyl (C=O) groups is 2. The molecule has 0 unspecified atom stereocenters. The highest BCUT2D eigenvalue weighted by molar-refractivity contribution is 7.72. The van der Waals surface area contributed by atoms with Crippen molar-refractivity contribution in [1.82, 2.24) is 9.47 Å². The van der Waals surface area contributed by atoms with Crippen LogP contribution in [0.25, 0.3) is 10.9 Å². The molecule has 1 heterocycles. The Hall–Kier alpha value is -3.55. The first-order valence-corrected chi connectivity index (χ1v) is 18.9. The van der Waals surface area contributed by atoms with E-state index >= 15 is 0 Å². The van der Waals surface area contributed by atoms with Crippen molar-refractivity contribution >= 4 is 49.6 Å². The lowest BCUT2D eigenvalue weighted by molar-refractivity contribution is -0.144. The number of halogens is 1. The summed E-state index contributed by atoms with van der Waals surface area (Å²) in [5, 5.41) is 7.77. The number of nitrogens with zero attached hydrogens (tertiary/aromatic N) is 2. The van der Waals surface area contributed by atoms with Gasteiger partial charge < -0.3 is 43.8 Å². The lowest BCUT2D eigenvalue weighted by Gasteiger charge is -2.30. The van der Waals surface area contributed by atoms with Crippen molar-refractivity contribution < 1.29 is 57.6 Å². The van der Waals surface area contributed by atoms with Gasteiger partial charge in [0.2, 0.25) is 0 Å². The van der Waals surface area contributed by atoms with E-state index in [4.69, 9.17) is 25.8 Å². The fourth-order valence-corrected chi connectivity index (χ4v) is 7.58. The number of ether oxygens (including phenoxy) is 3. The van der Waals surface area contributed by atoms with Crippen LogP contribution in [0.4, 0.5) is 0 Å². The molecule has 4 rings (SSSR count). The zero-order valence-corrected chi connectivity index (χ0v) is 30.1. The Morgan fingerprint density at radius 3 is 2.26 bits per heavy atom. The maximum absolute atomic E-state index is 13.5. The van der Waals surface area contributed by atoms with Gasteiger partial charge in [0.25, 0.3) is 11.0 Å². The molecule has 270 valence electrons. The van der Waals surface area contributed by atoms with Crippen LogP contribution in [0.15, 0.2) is 66.7 Å². The van der Waals surface area contributed by atoms with Gasteiger partial charge in [-0.15, -0.1) is 0 Å². The van der Waals surface area contributed by atoms with Crippen LogP contribution in [0.5, 0.6) is 11.5 Å². The third-order valence-electron chi connectivity index (χ3n) is 8.17. The molecule has 0 bridgehead atoms. The van der Waals surface area contributed by atoms with E-state index < -0.39 is 32.7 Å². The van der Waals surface area contributed by atoms with Crippen molar-refractivity contribution in [1.29, 1.82) is 0 Å². The number of rotatable bonds is 16. The highest BCUT2D eigenvalue weighted by Gasteiger charge is 2.58. The van der Waals surface area contributed by atoms with Gasteiger partial charge in [-0.05, 0) is 86.1 Å². The fourth-order valence-electron chi connectivity index (χ4n) is 5.32. The molecule has 14 nitrogen and oxygen atoms in total. The molecule has 0 radical (unpaired) electrons. The third-order valence-corrected chi connectivity index (χ3v) is 12.3. The maximum atomic E-state index is 13.5. The van der Waals surface area contributed by atoms with E-state index in [-0.39, 0.29) is 32.1 Å². The van der Waals surface area contributed by atoms with E-state index in [1.54, 1.807) is 90.2 Å². The van der Waals surface area contributed by atoms with Crippen LogP contribution < -0.4 is 9.47 Å². The van der Waals surface area contributed by atoms with E-state index in [1.165, 1.54) is 7.11 Å². The first kappa shape index (κ1) is 39.2. The zero-order chi connectivity index (χ0) is 36.9. The van der Waals surface area contributed by atoms with E-state index in [1.807, 2.05) is 0 Å². The number of benzene rings is 3. The summed E-state index contributed by atoms with van der Waals surface area (Å²) in [6.45, 7) is 2.11. The highest BCUT2D eigenvalue weighted by atomic mass is 35.5. The molecular formula is C33H39ClN2O12P2. The number of fused-ring (bicyclic) bond motifs is 1. The molecule has 0 aliphatic heterocycles. The van der Waals surface area contributed by atoms with Crippen molar-refractivity contribution in [3.8, 4) is 11.5 Å². The monoisotopic (exact) mass is 752 g/mol. The normalized spacial score (nSPS) is 12.4. The van der Waals surface area contributed by atoms with Crippen molar-refractivity contribution in [3.63, 3.8) is 0 Å². The molecule has 4 aromatic rings. The molecule has 1 aromatic heterocycles. The second-order valence-electron chi connectivity index (χ2n) is 11.7. The van der Waals surface area contributed by atoms with Crippen LogP contribution in [0, 0.1) is 6.92 Å². The fraction of sp³-hybridized carbons (Fsp3) is 0.333. The number of aromatic nitrogens is 1. The second kappa shape index (κ2) is 16.2. The summed E-state index contributed by atoms with van der Waals surface area (Å²) >= 11 is 6.01. The van der Waals surface area contributed by atoms with Crippen molar-refractivity contribution in [2.75, 3.05) is 33.9 Å². The zero-order valence-electron chi connectivity index (χ0n) is 27.6. The minimum atomic E-state index is -5.51. The average Bonchev–Trinajstić information content (AvgIpc) is 3.33. The smallest absolute Gasteiger partial charge is 0.369 e. The molecule has 0 fully saturated rings. The summed E-state index contributed by atoms with van der Waals surface area (Å²) in [4.78, 5) is 65.4. The average molecular weight is 753 g/mol. The molecule has 0 amide bonds. The van der Waals surface area contributed by atoms with Crippen molar-refractivity contribution in [2.45, 2.75) is 37.9 Å². The molecule has 0 saturated carbocycles. The van der Waals surface area contributed by atoms with Gasteiger partial charge in [-0.25, -0.2) is 0 Å². The SMILES string of the molecule is COc1ccc2c(c1)c(CC(=O)OCc1cccc(OCCCN(C)CCC(O)(P(=O)(O)O)P(=O)(O)O)c1)c(C)n2C(=O)c1ccc(Cl)cc1. The number of methoxy groups -OCH3 is 1. The van der Waals surface area contributed by atoms with Crippen LogP contribution in [0.1, 0.15) is 40.0 Å². The Labute approximate surface area is 293 Å². The Morgan fingerprint density at radius 1 is 0.940 bits per heavy atom. The molecule has 5 N–H and O–H groups in total. The van der Waals surface area contributed by atoms with Crippen LogP contribution >= 0.6 is 26.8 Å². The Bertz CT molecular complexity index is 1910. The molecule has 50 heavy (non-hydrogen) atoms. The van der Waals surface area contributed by atoms with Crippen LogP contribution in [-0.4, -0.2) is 85.0 Å². The minimum Gasteiger partial charge on any atom is -0.497 e. The van der Waals surface area contributed by atoms with E-state index in [0.717, 1.165) is 0 Å². The summed E-state index contributed by atoms with van der Waals surface area (Å²) in [6, 6.07) is 18.8. The van der Waals surface area contributed by atoms with Crippen LogP contribution in [0.3, 0.4) is 0 Å². The van der Waals surface area contributed by atoms with Crippen molar-refractivity contribution in [3.05, 3.63) is 94.1 Å². The van der Waals surface area contributed by atoms with E-state index in [2.05, 4.69) is 0 Å². The molecule has 0 spiro atoms. The molecular weight excluding hydrogens is 714 g/mol. The van der Waals surface area contributed by atoms with E-state index in [0.29, 0.717) is 62.8 Å². The topological polar surface area (TPSA) is 205 Å². The third kappa shape index (κ3) is 9.21. The first-order valence-electron chi connectivity index (χ1n) is 15.3. The summed E-state index contributed by atoms with van der Waals surface area (Å²) in [5.74, 6) is 0.293. The molecule has 0 atom stereocenters. The predicted octanol–water partition coefficient (Wildman–Crippen LogP) is 4.68. The molecule has 17 heteroatoms. The molecule has 0 saturated heterocycles. The second-order valence-corrected chi connectivity index (χ2v) is 16.1. The minimum absolute atomic E-state index is 0.0362. The van der Waals surface area contributed by atoms with Gasteiger partial charge in [0.05, 0.1) is 25.7 Å². The standard InChI is InChI=1S/C33H39ClN2O12P2/c1-22-28(29-19-26(46-3)12-13-30(29)36(22)32(38)24-8-10-25(34)11-9-24)20-31(37)48-21-23-6-4-7-27(18-23)47-17-5-15-35(2)16-14-33(39,49(40,41)42)50(43,44)45/h4,6-13,18-19,39H,5,14-17,20-21H2,1-3H3,(H2,40,41,42)(H2,43,44,45). The quantitative estimate of drug-likeness (QED) is 0.0600. The lowest BCUT2D eigenvalue weighted by atomic mass is 10.1. The maximum Gasteiger partial charge on any atom is 0.369 e. The molecule has 0 aliphatic rings.